The molecule has 1 atom stereocenters. The third kappa shape index (κ3) is 2.76. The highest BCUT2D eigenvalue weighted by atomic mass is 32.1. The second-order valence-electron chi connectivity index (χ2n) is 5.56. The summed E-state index contributed by atoms with van der Waals surface area (Å²) >= 11 is 1.05. The molecule has 1 aromatic carbocycles. The van der Waals surface area contributed by atoms with E-state index in [4.69, 9.17) is 5.11 Å². The number of amides is 1. The van der Waals surface area contributed by atoms with Crippen LogP contribution in [-0.2, 0) is 0 Å². The van der Waals surface area contributed by atoms with Gasteiger partial charge in [0.15, 0.2) is 0 Å². The molecule has 2 aromatic rings. The van der Waals surface area contributed by atoms with Crippen molar-refractivity contribution in [1.82, 2.24) is 4.90 Å². The van der Waals surface area contributed by atoms with Crippen LogP contribution in [0.3, 0.4) is 0 Å². The Labute approximate surface area is 133 Å². The number of nitrogens with zero attached hydrogens (tertiary/aromatic N) is 1. The second kappa shape index (κ2) is 5.93. The molecule has 0 spiro atoms. The number of benzene rings is 1. The normalized spacial score (nSPS) is 17.7. The van der Waals surface area contributed by atoms with Gasteiger partial charge in [-0.1, -0.05) is 24.3 Å². The summed E-state index contributed by atoms with van der Waals surface area (Å²) in [6.07, 6.45) is 0.952. The Morgan fingerprint density at radius 1 is 1.18 bits per heavy atom. The van der Waals surface area contributed by atoms with Crippen LogP contribution >= 0.6 is 11.3 Å². The molecule has 1 N–H and O–H groups in total. The van der Waals surface area contributed by atoms with Crippen molar-refractivity contribution in [3.05, 3.63) is 57.3 Å². The lowest BCUT2D eigenvalue weighted by Crippen LogP contribution is -2.27. The molecule has 1 aliphatic rings. The van der Waals surface area contributed by atoms with Crippen molar-refractivity contribution in [2.75, 3.05) is 13.1 Å². The largest absolute Gasteiger partial charge is 0.477 e. The van der Waals surface area contributed by atoms with Gasteiger partial charge in [0.1, 0.15) is 4.88 Å². The summed E-state index contributed by atoms with van der Waals surface area (Å²) in [5, 5.41) is 8.95. The minimum Gasteiger partial charge on any atom is -0.477 e. The number of carbonyl (C=O) groups is 2. The van der Waals surface area contributed by atoms with Crippen LogP contribution in [0.1, 0.15) is 42.8 Å². The number of carboxylic acids is 1. The van der Waals surface area contributed by atoms with Crippen LogP contribution in [0.5, 0.6) is 0 Å². The third-order valence-corrected chi connectivity index (χ3v) is 5.19. The molecule has 0 radical (unpaired) electrons. The Kier molecular flexibility index (Phi) is 3.98. The number of hydrogen-bond acceptors (Lipinski definition) is 3. The fourth-order valence-electron chi connectivity index (χ4n) is 2.97. The highest BCUT2D eigenvalue weighted by molar-refractivity contribution is 7.15. The van der Waals surface area contributed by atoms with Gasteiger partial charge in [-0.2, -0.15) is 0 Å². The van der Waals surface area contributed by atoms with Gasteiger partial charge in [0.05, 0.1) is 4.88 Å². The summed E-state index contributed by atoms with van der Waals surface area (Å²) in [6, 6.07) is 11.4. The first kappa shape index (κ1) is 14.8. The van der Waals surface area contributed by atoms with Gasteiger partial charge in [-0.15, -0.1) is 11.3 Å². The average molecular weight is 315 g/mol. The van der Waals surface area contributed by atoms with Crippen LogP contribution < -0.4 is 0 Å². The van der Waals surface area contributed by atoms with E-state index in [1.54, 1.807) is 6.07 Å². The molecule has 22 heavy (non-hydrogen) atoms. The van der Waals surface area contributed by atoms with Gasteiger partial charge in [-0.05, 0) is 36.6 Å². The molecule has 1 unspecified atom stereocenters. The van der Waals surface area contributed by atoms with Crippen LogP contribution in [-0.4, -0.2) is 35.0 Å². The van der Waals surface area contributed by atoms with Crippen molar-refractivity contribution in [2.24, 2.45) is 0 Å². The van der Waals surface area contributed by atoms with E-state index in [1.165, 1.54) is 17.2 Å². The molecule has 5 heteroatoms. The van der Waals surface area contributed by atoms with Gasteiger partial charge >= 0.3 is 5.97 Å². The standard InChI is InChI=1S/C17H17NO3S/c1-11-4-2-3-5-13(11)12-8-9-18(10-12)16(19)14-6-7-15(22-14)17(20)21/h2-7,12H,8-10H2,1H3,(H,20,21). The van der Waals surface area contributed by atoms with Crippen molar-refractivity contribution in [3.63, 3.8) is 0 Å². The van der Waals surface area contributed by atoms with E-state index in [1.807, 2.05) is 17.0 Å². The summed E-state index contributed by atoms with van der Waals surface area (Å²) in [6.45, 7) is 3.51. The summed E-state index contributed by atoms with van der Waals surface area (Å²) < 4.78 is 0. The molecule has 0 saturated carbocycles. The number of carbonyl (C=O) groups excluding carboxylic acids is 1. The van der Waals surface area contributed by atoms with Crippen LogP contribution in [0.2, 0.25) is 0 Å². The molecule has 3 rings (SSSR count). The van der Waals surface area contributed by atoms with Gasteiger partial charge in [0.25, 0.3) is 5.91 Å². The number of thiophene rings is 1. The Hall–Kier alpha value is -2.14. The Morgan fingerprint density at radius 3 is 2.59 bits per heavy atom. The predicted molar refractivity (Wildman–Crippen MR) is 85.7 cm³/mol. The highest BCUT2D eigenvalue weighted by Crippen LogP contribution is 2.31. The molecule has 2 heterocycles. The van der Waals surface area contributed by atoms with Crippen molar-refractivity contribution in [3.8, 4) is 0 Å². The molecular formula is C17H17NO3S. The molecule has 0 bridgehead atoms. The molecule has 1 saturated heterocycles. The molecule has 4 nitrogen and oxygen atoms in total. The van der Waals surface area contributed by atoms with Crippen LogP contribution in [0.15, 0.2) is 36.4 Å². The first-order valence-electron chi connectivity index (χ1n) is 7.24. The number of hydrogen-bond donors (Lipinski definition) is 1. The molecular weight excluding hydrogens is 298 g/mol. The quantitative estimate of drug-likeness (QED) is 0.944. The van der Waals surface area contributed by atoms with Crippen molar-refractivity contribution >= 4 is 23.2 Å². The highest BCUT2D eigenvalue weighted by Gasteiger charge is 2.29. The minimum atomic E-state index is -0.983. The maximum absolute atomic E-state index is 12.5. The van der Waals surface area contributed by atoms with Gasteiger partial charge < -0.3 is 10.0 Å². The number of aromatic carboxylic acids is 1. The van der Waals surface area contributed by atoms with E-state index >= 15 is 0 Å². The molecule has 1 amide bonds. The lowest BCUT2D eigenvalue weighted by molar-refractivity contribution is 0.0701. The average Bonchev–Trinajstić information content (AvgIpc) is 3.17. The zero-order valence-electron chi connectivity index (χ0n) is 12.3. The van der Waals surface area contributed by atoms with Gasteiger partial charge in [-0.25, -0.2) is 4.79 Å². The van der Waals surface area contributed by atoms with E-state index in [-0.39, 0.29) is 10.8 Å². The first-order chi connectivity index (χ1) is 10.6. The molecule has 1 fully saturated rings. The van der Waals surface area contributed by atoms with Crippen LogP contribution in [0, 0.1) is 6.92 Å². The summed E-state index contributed by atoms with van der Waals surface area (Å²) in [5.74, 6) is -0.680. The van der Waals surface area contributed by atoms with Crippen LogP contribution in [0.4, 0.5) is 0 Å². The summed E-state index contributed by atoms with van der Waals surface area (Å²) in [4.78, 5) is 25.9. The first-order valence-corrected chi connectivity index (χ1v) is 8.06. The third-order valence-electron chi connectivity index (χ3n) is 4.13. The molecule has 1 aliphatic heterocycles. The number of rotatable bonds is 3. The van der Waals surface area contributed by atoms with E-state index in [0.717, 1.165) is 24.3 Å². The summed E-state index contributed by atoms with van der Waals surface area (Å²) in [5.41, 5.74) is 2.56. The van der Waals surface area contributed by atoms with E-state index in [9.17, 15) is 9.59 Å². The van der Waals surface area contributed by atoms with E-state index < -0.39 is 5.97 Å². The van der Waals surface area contributed by atoms with Crippen molar-refractivity contribution in [1.29, 1.82) is 0 Å². The van der Waals surface area contributed by atoms with Crippen molar-refractivity contribution in [2.45, 2.75) is 19.3 Å². The lowest BCUT2D eigenvalue weighted by atomic mass is 9.94. The predicted octanol–water partition coefficient (Wildman–Crippen LogP) is 3.38. The van der Waals surface area contributed by atoms with Crippen LogP contribution in [0.25, 0.3) is 0 Å². The molecule has 1 aromatic heterocycles. The topological polar surface area (TPSA) is 57.6 Å². The summed E-state index contributed by atoms with van der Waals surface area (Å²) in [7, 11) is 0. The smallest absolute Gasteiger partial charge is 0.345 e. The zero-order valence-corrected chi connectivity index (χ0v) is 13.1. The van der Waals surface area contributed by atoms with Gasteiger partial charge in [0.2, 0.25) is 0 Å². The van der Waals surface area contributed by atoms with E-state index in [0.29, 0.717) is 17.3 Å². The van der Waals surface area contributed by atoms with Gasteiger partial charge in [-0.3, -0.25) is 4.79 Å². The maximum Gasteiger partial charge on any atom is 0.345 e. The fraction of sp³-hybridized carbons (Fsp3) is 0.294. The molecule has 114 valence electrons. The lowest BCUT2D eigenvalue weighted by Gasteiger charge is -2.16. The number of aryl methyl sites for hydroxylation is 1. The Balaban J connectivity index is 1.73. The van der Waals surface area contributed by atoms with Gasteiger partial charge in [0, 0.05) is 19.0 Å². The zero-order chi connectivity index (χ0) is 15.7. The fourth-order valence-corrected chi connectivity index (χ4v) is 3.78. The number of likely N-dealkylation sites (tertiary alicyclic amines) is 1. The Morgan fingerprint density at radius 2 is 1.91 bits per heavy atom. The molecule has 0 aliphatic carbocycles. The second-order valence-corrected chi connectivity index (χ2v) is 6.65. The SMILES string of the molecule is Cc1ccccc1C1CCN(C(=O)c2ccc(C(=O)O)s2)C1. The van der Waals surface area contributed by atoms with E-state index in [2.05, 4.69) is 19.1 Å². The number of carboxylic acid groups (broad SMARTS) is 1. The minimum absolute atomic E-state index is 0.0615. The monoisotopic (exact) mass is 315 g/mol. The Bertz CT molecular complexity index is 722. The van der Waals surface area contributed by atoms with Crippen molar-refractivity contribution < 1.29 is 14.7 Å². The maximum atomic E-state index is 12.5.